The maximum atomic E-state index is 12.5. The van der Waals surface area contributed by atoms with E-state index in [2.05, 4.69) is 37.4 Å². The molecule has 1 aliphatic heterocycles. The third kappa shape index (κ3) is 2.81. The van der Waals surface area contributed by atoms with E-state index in [1.807, 2.05) is 17.9 Å². The highest BCUT2D eigenvalue weighted by Gasteiger charge is 2.29. The van der Waals surface area contributed by atoms with Crippen LogP contribution in [-0.2, 0) is 4.79 Å². The molecule has 2 unspecified atom stereocenters. The summed E-state index contributed by atoms with van der Waals surface area (Å²) in [5.41, 5.74) is 2.34. The molecule has 0 saturated heterocycles. The third-order valence-electron chi connectivity index (χ3n) is 3.99. The van der Waals surface area contributed by atoms with Gasteiger partial charge in [0.25, 0.3) is 0 Å². The molecule has 104 valence electrons. The summed E-state index contributed by atoms with van der Waals surface area (Å²) in [7, 11) is 0. The predicted octanol–water partition coefficient (Wildman–Crippen LogP) is 3.12. The highest BCUT2D eigenvalue weighted by molar-refractivity contribution is 5.96. The first-order valence-electron chi connectivity index (χ1n) is 7.32. The number of nitrogens with zero attached hydrogens (tertiary/aromatic N) is 1. The molecule has 0 spiro atoms. The van der Waals surface area contributed by atoms with Crippen molar-refractivity contribution in [1.29, 1.82) is 0 Å². The number of para-hydroxylation sites is 1. The molecule has 1 N–H and O–H groups in total. The van der Waals surface area contributed by atoms with Crippen LogP contribution in [0.15, 0.2) is 24.3 Å². The predicted molar refractivity (Wildman–Crippen MR) is 79.3 cm³/mol. The molecule has 0 bridgehead atoms. The number of hydrogen-bond acceptors (Lipinski definition) is 2. The van der Waals surface area contributed by atoms with Gasteiger partial charge in [-0.15, -0.1) is 0 Å². The Morgan fingerprint density at radius 3 is 2.84 bits per heavy atom. The van der Waals surface area contributed by atoms with Crippen LogP contribution in [0.4, 0.5) is 5.69 Å². The minimum Gasteiger partial charge on any atom is -0.312 e. The number of benzene rings is 1. The second-order valence-corrected chi connectivity index (χ2v) is 5.26. The zero-order valence-corrected chi connectivity index (χ0v) is 12.1. The number of rotatable bonds is 4. The second kappa shape index (κ2) is 6.20. The standard InChI is InChI=1S/C16H24N2O/c1-4-12(3)16(19)18-11-10-14(17-5-2)13-8-6-7-9-15(13)18/h6-9,12,14,17H,4-5,10-11H2,1-3H3. The summed E-state index contributed by atoms with van der Waals surface area (Å²) in [5, 5.41) is 3.51. The highest BCUT2D eigenvalue weighted by atomic mass is 16.2. The lowest BCUT2D eigenvalue weighted by molar-refractivity contribution is -0.122. The summed E-state index contributed by atoms with van der Waals surface area (Å²) in [6.45, 7) is 7.98. The Labute approximate surface area is 116 Å². The van der Waals surface area contributed by atoms with Crippen LogP contribution < -0.4 is 10.2 Å². The van der Waals surface area contributed by atoms with Crippen molar-refractivity contribution in [2.45, 2.75) is 39.7 Å². The van der Waals surface area contributed by atoms with Crippen LogP contribution in [-0.4, -0.2) is 19.0 Å². The topological polar surface area (TPSA) is 32.3 Å². The highest BCUT2D eigenvalue weighted by Crippen LogP contribution is 2.34. The maximum absolute atomic E-state index is 12.5. The van der Waals surface area contributed by atoms with Crippen LogP contribution in [0.3, 0.4) is 0 Å². The monoisotopic (exact) mass is 260 g/mol. The van der Waals surface area contributed by atoms with Gasteiger partial charge in [-0.1, -0.05) is 39.0 Å². The molecule has 0 aromatic heterocycles. The minimum absolute atomic E-state index is 0.101. The molecule has 3 heteroatoms. The number of anilines is 1. The van der Waals surface area contributed by atoms with Crippen molar-refractivity contribution in [3.63, 3.8) is 0 Å². The first-order chi connectivity index (χ1) is 9.19. The second-order valence-electron chi connectivity index (χ2n) is 5.26. The third-order valence-corrected chi connectivity index (χ3v) is 3.99. The molecule has 0 aliphatic carbocycles. The fourth-order valence-corrected chi connectivity index (χ4v) is 2.69. The zero-order valence-electron chi connectivity index (χ0n) is 12.1. The Hall–Kier alpha value is -1.35. The smallest absolute Gasteiger partial charge is 0.229 e. The van der Waals surface area contributed by atoms with E-state index in [-0.39, 0.29) is 11.8 Å². The Morgan fingerprint density at radius 1 is 1.42 bits per heavy atom. The number of fused-ring (bicyclic) bond motifs is 1. The van der Waals surface area contributed by atoms with Crippen molar-refractivity contribution in [3.05, 3.63) is 29.8 Å². The van der Waals surface area contributed by atoms with Crippen molar-refractivity contribution in [2.75, 3.05) is 18.0 Å². The molecular weight excluding hydrogens is 236 g/mol. The summed E-state index contributed by atoms with van der Waals surface area (Å²) < 4.78 is 0. The fourth-order valence-electron chi connectivity index (χ4n) is 2.69. The summed E-state index contributed by atoms with van der Waals surface area (Å²) in [5.74, 6) is 0.355. The summed E-state index contributed by atoms with van der Waals surface area (Å²) in [6.07, 6.45) is 1.89. The van der Waals surface area contributed by atoms with E-state index < -0.39 is 0 Å². The Morgan fingerprint density at radius 2 is 2.16 bits per heavy atom. The van der Waals surface area contributed by atoms with E-state index in [4.69, 9.17) is 0 Å². The van der Waals surface area contributed by atoms with Crippen LogP contribution in [0.25, 0.3) is 0 Å². The van der Waals surface area contributed by atoms with Gasteiger partial charge in [-0.2, -0.15) is 0 Å². The van der Waals surface area contributed by atoms with Crippen LogP contribution in [0, 0.1) is 5.92 Å². The van der Waals surface area contributed by atoms with Crippen molar-refractivity contribution < 1.29 is 4.79 Å². The number of carbonyl (C=O) groups is 1. The lowest BCUT2D eigenvalue weighted by Crippen LogP contribution is -2.42. The Kier molecular flexibility index (Phi) is 4.59. The summed E-state index contributed by atoms with van der Waals surface area (Å²) >= 11 is 0. The van der Waals surface area contributed by atoms with Crippen molar-refractivity contribution in [3.8, 4) is 0 Å². The van der Waals surface area contributed by atoms with Crippen LogP contribution in [0.5, 0.6) is 0 Å². The Bertz CT molecular complexity index is 444. The van der Waals surface area contributed by atoms with Gasteiger partial charge in [-0.05, 0) is 31.0 Å². The average molecular weight is 260 g/mol. The fraction of sp³-hybridized carbons (Fsp3) is 0.562. The lowest BCUT2D eigenvalue weighted by Gasteiger charge is -2.35. The van der Waals surface area contributed by atoms with Crippen LogP contribution in [0.1, 0.15) is 45.2 Å². The molecule has 0 radical (unpaired) electrons. The molecular formula is C16H24N2O. The van der Waals surface area contributed by atoms with E-state index >= 15 is 0 Å². The quantitative estimate of drug-likeness (QED) is 0.902. The first kappa shape index (κ1) is 14.1. The van der Waals surface area contributed by atoms with Crippen molar-refractivity contribution in [2.24, 2.45) is 5.92 Å². The Balaban J connectivity index is 2.30. The normalized spacial score (nSPS) is 19.9. The van der Waals surface area contributed by atoms with E-state index in [1.165, 1.54) is 5.56 Å². The molecule has 0 saturated carbocycles. The summed E-state index contributed by atoms with van der Waals surface area (Å²) in [6, 6.07) is 8.66. The molecule has 3 nitrogen and oxygen atoms in total. The van der Waals surface area contributed by atoms with Crippen molar-refractivity contribution in [1.82, 2.24) is 5.32 Å². The number of carbonyl (C=O) groups excluding carboxylic acids is 1. The first-order valence-corrected chi connectivity index (χ1v) is 7.32. The van der Waals surface area contributed by atoms with Gasteiger partial charge >= 0.3 is 0 Å². The minimum atomic E-state index is 0.101. The van der Waals surface area contributed by atoms with Gasteiger partial charge in [-0.3, -0.25) is 4.79 Å². The van der Waals surface area contributed by atoms with E-state index in [1.54, 1.807) is 0 Å². The molecule has 1 aromatic carbocycles. The van der Waals surface area contributed by atoms with Crippen molar-refractivity contribution >= 4 is 11.6 Å². The van der Waals surface area contributed by atoms with E-state index in [0.29, 0.717) is 6.04 Å². The maximum Gasteiger partial charge on any atom is 0.229 e. The SMILES string of the molecule is CCNC1CCN(C(=O)C(C)CC)c2ccccc21. The zero-order chi connectivity index (χ0) is 13.8. The molecule has 1 amide bonds. The van der Waals surface area contributed by atoms with Crippen LogP contribution in [0.2, 0.25) is 0 Å². The van der Waals surface area contributed by atoms with Gasteiger partial charge in [0.15, 0.2) is 0 Å². The molecule has 0 fully saturated rings. The van der Waals surface area contributed by atoms with Gasteiger partial charge in [0.2, 0.25) is 5.91 Å². The van der Waals surface area contributed by atoms with E-state index in [9.17, 15) is 4.79 Å². The van der Waals surface area contributed by atoms with Gasteiger partial charge in [0.05, 0.1) is 0 Å². The molecule has 1 heterocycles. The molecule has 19 heavy (non-hydrogen) atoms. The van der Waals surface area contributed by atoms with Crippen LogP contribution >= 0.6 is 0 Å². The lowest BCUT2D eigenvalue weighted by atomic mass is 9.94. The number of amides is 1. The molecule has 1 aromatic rings. The van der Waals surface area contributed by atoms with Gasteiger partial charge in [-0.25, -0.2) is 0 Å². The molecule has 1 aliphatic rings. The average Bonchev–Trinajstić information content (AvgIpc) is 2.46. The van der Waals surface area contributed by atoms with Gasteiger partial charge in [0, 0.05) is 24.2 Å². The number of hydrogen-bond donors (Lipinski definition) is 1. The van der Waals surface area contributed by atoms with Gasteiger partial charge < -0.3 is 10.2 Å². The molecule has 2 atom stereocenters. The largest absolute Gasteiger partial charge is 0.312 e. The van der Waals surface area contributed by atoms with Gasteiger partial charge in [0.1, 0.15) is 0 Å². The number of nitrogens with one attached hydrogen (secondary N) is 1. The van der Waals surface area contributed by atoms with E-state index in [0.717, 1.165) is 31.6 Å². The molecule has 2 rings (SSSR count). The summed E-state index contributed by atoms with van der Waals surface area (Å²) in [4.78, 5) is 14.4.